The third kappa shape index (κ3) is 4.21. The lowest BCUT2D eigenvalue weighted by Gasteiger charge is -2.55. The molecule has 6 rings (SSSR count). The Bertz CT molecular complexity index is 1220. The molecule has 0 saturated carbocycles. The van der Waals surface area contributed by atoms with Crippen molar-refractivity contribution in [3.05, 3.63) is 17.1 Å². The van der Waals surface area contributed by atoms with Gasteiger partial charge in [-0.15, -0.1) is 11.8 Å². The third-order valence-electron chi connectivity index (χ3n) is 7.82. The van der Waals surface area contributed by atoms with Crippen LogP contribution in [0, 0.1) is 5.41 Å². The van der Waals surface area contributed by atoms with Crippen molar-refractivity contribution in [3.63, 3.8) is 0 Å². The fraction of sp³-hybridized carbons (Fsp3) is 0.571. The minimum absolute atomic E-state index is 0.0447. The number of thioether (sulfide) groups is 1. The zero-order chi connectivity index (χ0) is 26.5. The van der Waals surface area contributed by atoms with Crippen molar-refractivity contribution in [3.8, 4) is 0 Å². The van der Waals surface area contributed by atoms with Crippen LogP contribution in [-0.2, 0) is 24.0 Å². The number of nitrogens with two attached hydrogens (primary N) is 2. The van der Waals surface area contributed by atoms with Gasteiger partial charge < -0.3 is 36.0 Å². The minimum atomic E-state index is -1.43. The van der Waals surface area contributed by atoms with Gasteiger partial charge in [0.05, 0.1) is 36.7 Å². The highest BCUT2D eigenvalue weighted by atomic mass is 32.2. The van der Waals surface area contributed by atoms with Gasteiger partial charge in [-0.2, -0.15) is 9.36 Å². The third-order valence-corrected chi connectivity index (χ3v) is 9.70. The number of nitrogen functional groups attached to an aromatic ring is 1. The zero-order valence-corrected chi connectivity index (χ0v) is 21.6. The molecule has 2 bridgehead atoms. The molecule has 2 atom stereocenters. The topological polar surface area (TPSA) is 206 Å². The Balaban J connectivity index is 1.32. The van der Waals surface area contributed by atoms with Crippen LogP contribution < -0.4 is 21.9 Å². The molecule has 198 valence electrons. The van der Waals surface area contributed by atoms with E-state index in [0.717, 1.165) is 31.2 Å². The SMILES string of the molecule is CON=C(C(=O)N[C@@H]1C(=O)N2C(C(=O)[O-])=C(C[N+]34CCC(C(N)=O)(CC3)CC4)CS[C@H]12)c1nsc(N)n1. The molecule has 14 nitrogen and oxygen atoms in total. The van der Waals surface area contributed by atoms with Gasteiger partial charge in [0.15, 0.2) is 5.13 Å². The Hall–Kier alpha value is -3.24. The van der Waals surface area contributed by atoms with Crippen LogP contribution in [-0.4, -0.2) is 98.6 Å². The number of anilines is 1. The zero-order valence-electron chi connectivity index (χ0n) is 20.0. The fourth-order valence-corrected chi connectivity index (χ4v) is 7.45. The lowest BCUT2D eigenvalue weighted by atomic mass is 9.70. The van der Waals surface area contributed by atoms with E-state index in [1.54, 1.807) is 0 Å². The first-order valence-electron chi connectivity index (χ1n) is 11.6. The molecule has 0 aromatic carbocycles. The maximum atomic E-state index is 13.1. The van der Waals surface area contributed by atoms with E-state index < -0.39 is 34.6 Å². The number of carbonyl (C=O) groups excluding carboxylic acids is 4. The summed E-state index contributed by atoms with van der Waals surface area (Å²) in [6.45, 7) is 2.64. The number of quaternary nitrogens is 1. The first-order chi connectivity index (χ1) is 17.6. The normalized spacial score (nSPS) is 31.0. The average Bonchev–Trinajstić information content (AvgIpc) is 3.31. The number of primary amides is 1. The van der Waals surface area contributed by atoms with Crippen LogP contribution in [0.2, 0.25) is 0 Å². The molecule has 16 heteroatoms. The minimum Gasteiger partial charge on any atom is -0.543 e. The number of nitrogens with one attached hydrogen (secondary N) is 1. The molecule has 1 aromatic rings. The highest BCUT2D eigenvalue weighted by Crippen LogP contribution is 2.46. The van der Waals surface area contributed by atoms with E-state index in [2.05, 4.69) is 19.8 Å². The number of aromatic nitrogens is 2. The predicted molar refractivity (Wildman–Crippen MR) is 130 cm³/mol. The fourth-order valence-electron chi connectivity index (χ4n) is 5.68. The summed E-state index contributed by atoms with van der Waals surface area (Å²) in [5.74, 6) is -2.68. The highest BCUT2D eigenvalue weighted by Gasteiger charge is 2.56. The van der Waals surface area contributed by atoms with Crippen LogP contribution >= 0.6 is 23.3 Å². The van der Waals surface area contributed by atoms with Gasteiger partial charge in [0, 0.05) is 42.1 Å². The number of fused-ring (bicyclic) bond motifs is 4. The van der Waals surface area contributed by atoms with Crippen LogP contribution in [0.15, 0.2) is 16.4 Å². The smallest absolute Gasteiger partial charge is 0.278 e. The van der Waals surface area contributed by atoms with Gasteiger partial charge in [-0.3, -0.25) is 19.3 Å². The van der Waals surface area contributed by atoms with E-state index >= 15 is 0 Å². The maximum Gasteiger partial charge on any atom is 0.278 e. The number of hydrogen-bond donors (Lipinski definition) is 3. The average molecular weight is 551 g/mol. The van der Waals surface area contributed by atoms with Crippen molar-refractivity contribution in [2.75, 3.05) is 44.8 Å². The molecule has 1 aromatic heterocycles. The summed E-state index contributed by atoms with van der Waals surface area (Å²) in [6.07, 6.45) is 2.02. The monoisotopic (exact) mass is 550 g/mol. The van der Waals surface area contributed by atoms with Crippen molar-refractivity contribution in [1.82, 2.24) is 19.6 Å². The summed E-state index contributed by atoms with van der Waals surface area (Å²) in [5, 5.41) is 18.0. The van der Waals surface area contributed by atoms with E-state index in [4.69, 9.17) is 16.3 Å². The van der Waals surface area contributed by atoms with Gasteiger partial charge in [0.25, 0.3) is 11.8 Å². The molecule has 5 N–H and O–H groups in total. The van der Waals surface area contributed by atoms with Crippen LogP contribution in [0.5, 0.6) is 0 Å². The van der Waals surface area contributed by atoms with Crippen LogP contribution in [0.4, 0.5) is 5.13 Å². The molecule has 5 aliphatic rings. The number of aliphatic carboxylic acids is 1. The molecule has 0 radical (unpaired) electrons. The van der Waals surface area contributed by atoms with Crippen molar-refractivity contribution in [2.24, 2.45) is 16.3 Å². The number of β-lactam (4-membered cyclic amide) rings is 1. The van der Waals surface area contributed by atoms with E-state index in [-0.39, 0.29) is 28.3 Å². The van der Waals surface area contributed by atoms with Gasteiger partial charge in [-0.05, 0) is 0 Å². The number of carboxylic acid groups (broad SMARTS) is 1. The Kier molecular flexibility index (Phi) is 6.35. The van der Waals surface area contributed by atoms with Crippen LogP contribution in [0.1, 0.15) is 25.1 Å². The molecular formula is C21H26N8O6S2. The largest absolute Gasteiger partial charge is 0.543 e. The summed E-state index contributed by atoms with van der Waals surface area (Å²) >= 11 is 2.25. The second-order valence-corrected chi connectivity index (χ2v) is 11.6. The van der Waals surface area contributed by atoms with E-state index in [1.165, 1.54) is 23.8 Å². The summed E-state index contributed by atoms with van der Waals surface area (Å²) in [4.78, 5) is 60.0. The number of carbonyl (C=O) groups is 4. The van der Waals surface area contributed by atoms with Gasteiger partial charge in [0.2, 0.25) is 17.4 Å². The molecule has 6 heterocycles. The second kappa shape index (κ2) is 9.25. The quantitative estimate of drug-likeness (QED) is 0.133. The number of carboxylic acids is 1. The van der Waals surface area contributed by atoms with E-state index in [9.17, 15) is 24.3 Å². The Morgan fingerprint density at radius 3 is 2.51 bits per heavy atom. The second-order valence-electron chi connectivity index (χ2n) is 9.74. The maximum absolute atomic E-state index is 13.1. The van der Waals surface area contributed by atoms with E-state index in [0.29, 0.717) is 41.6 Å². The molecule has 37 heavy (non-hydrogen) atoms. The predicted octanol–water partition coefficient (Wildman–Crippen LogP) is -2.64. The van der Waals surface area contributed by atoms with E-state index in [1.807, 2.05) is 0 Å². The summed E-state index contributed by atoms with van der Waals surface area (Å²) in [7, 11) is 1.25. The lowest BCUT2D eigenvalue weighted by Crippen LogP contribution is -2.72. The highest BCUT2D eigenvalue weighted by molar-refractivity contribution is 8.00. The Morgan fingerprint density at radius 2 is 1.97 bits per heavy atom. The number of nitrogens with zero attached hydrogens (tertiary/aromatic N) is 5. The molecule has 4 fully saturated rings. The number of hydrogen-bond acceptors (Lipinski definition) is 12. The Labute approximate surface area is 219 Å². The summed E-state index contributed by atoms with van der Waals surface area (Å²) < 4.78 is 4.61. The molecule has 0 aliphatic carbocycles. The number of amides is 3. The molecule has 5 aliphatic heterocycles. The van der Waals surface area contributed by atoms with Crippen molar-refractivity contribution in [2.45, 2.75) is 30.7 Å². The number of piperidine rings is 3. The Morgan fingerprint density at radius 1 is 1.30 bits per heavy atom. The first kappa shape index (κ1) is 25.4. The van der Waals surface area contributed by atoms with Crippen LogP contribution in [0.3, 0.4) is 0 Å². The van der Waals surface area contributed by atoms with Crippen molar-refractivity contribution < 1.29 is 33.6 Å². The number of rotatable bonds is 8. The van der Waals surface area contributed by atoms with Crippen LogP contribution in [0.25, 0.3) is 0 Å². The van der Waals surface area contributed by atoms with Gasteiger partial charge in [0.1, 0.15) is 25.1 Å². The standard InChI is InChI=1S/C21H26N8O6S2/c1-35-26-11(14-25-20(23)37-27-14)15(30)24-12-16(31)28-13(18(32)33)10(9-36-17(12)28)8-29-5-2-21(3-6-29,4-7-29)19(22)34/h12,17H,2-9H2,1H3,(H5-,22,23,24,25,27,30,32,33,34)/t12-,17-,21?,29?/m1/s1. The van der Waals surface area contributed by atoms with Crippen molar-refractivity contribution >= 4 is 57.8 Å². The van der Waals surface area contributed by atoms with Gasteiger partial charge >= 0.3 is 0 Å². The molecule has 4 saturated heterocycles. The first-order valence-corrected chi connectivity index (χ1v) is 13.5. The molecule has 3 amide bonds. The summed E-state index contributed by atoms with van der Waals surface area (Å²) in [5.41, 5.74) is 11.0. The number of oxime groups is 1. The summed E-state index contributed by atoms with van der Waals surface area (Å²) in [6, 6.07) is -0.973. The van der Waals surface area contributed by atoms with Gasteiger partial charge in [-0.25, -0.2) is 0 Å². The molecular weight excluding hydrogens is 524 g/mol. The van der Waals surface area contributed by atoms with Gasteiger partial charge in [-0.1, -0.05) is 5.16 Å². The van der Waals surface area contributed by atoms with Crippen molar-refractivity contribution in [1.29, 1.82) is 0 Å². The lowest BCUT2D eigenvalue weighted by molar-refractivity contribution is -0.940. The molecule has 0 unspecified atom stereocenters. The molecule has 0 spiro atoms.